The fourth-order valence-electron chi connectivity index (χ4n) is 2.71. The predicted molar refractivity (Wildman–Crippen MR) is 99.6 cm³/mol. The van der Waals surface area contributed by atoms with Gasteiger partial charge in [-0.3, -0.25) is 9.78 Å². The van der Waals surface area contributed by atoms with E-state index in [9.17, 15) is 4.79 Å². The molecule has 1 aromatic heterocycles. The number of rotatable bonds is 5. The van der Waals surface area contributed by atoms with Crippen LogP contribution in [0.25, 0.3) is 0 Å². The third kappa shape index (κ3) is 4.54. The maximum atomic E-state index is 12.3. The van der Waals surface area contributed by atoms with Gasteiger partial charge in [-0.25, -0.2) is 0 Å². The number of amides is 1. The van der Waals surface area contributed by atoms with Crippen molar-refractivity contribution in [2.24, 2.45) is 0 Å². The summed E-state index contributed by atoms with van der Waals surface area (Å²) in [5.41, 5.74) is 8.55. The van der Waals surface area contributed by atoms with Crippen LogP contribution in [0.4, 0.5) is 11.4 Å². The minimum atomic E-state index is -0.167. The molecule has 3 N–H and O–H groups in total. The Morgan fingerprint density at radius 2 is 2.24 bits per heavy atom. The van der Waals surface area contributed by atoms with Crippen LogP contribution in [0.3, 0.4) is 0 Å². The van der Waals surface area contributed by atoms with Gasteiger partial charge in [0.05, 0.1) is 30.6 Å². The minimum Gasteiger partial charge on any atom is -0.492 e. The molecule has 0 spiro atoms. The van der Waals surface area contributed by atoms with E-state index in [2.05, 4.69) is 10.3 Å². The summed E-state index contributed by atoms with van der Waals surface area (Å²) < 4.78 is 11.4. The Hall–Kier alpha value is -2.47. The first kappa shape index (κ1) is 18.9. The van der Waals surface area contributed by atoms with E-state index in [1.807, 2.05) is 26.0 Å². The summed E-state index contributed by atoms with van der Waals surface area (Å²) >= 11 is 0. The van der Waals surface area contributed by atoms with Gasteiger partial charge in [-0.15, -0.1) is 12.4 Å². The van der Waals surface area contributed by atoms with Crippen molar-refractivity contribution >= 4 is 29.7 Å². The number of nitrogen functional groups attached to an aromatic ring is 1. The summed E-state index contributed by atoms with van der Waals surface area (Å²) in [5.74, 6) is 1.29. The van der Waals surface area contributed by atoms with Crippen LogP contribution in [-0.2, 0) is 17.6 Å². The van der Waals surface area contributed by atoms with Crippen LogP contribution in [0.1, 0.15) is 25.1 Å². The maximum Gasteiger partial charge on any atom is 0.230 e. The van der Waals surface area contributed by atoms with Gasteiger partial charge in [-0.05, 0) is 32.0 Å². The fraction of sp³-hybridized carbons (Fsp3) is 0.333. The van der Waals surface area contributed by atoms with Gasteiger partial charge >= 0.3 is 0 Å². The first-order chi connectivity index (χ1) is 11.5. The van der Waals surface area contributed by atoms with Crippen molar-refractivity contribution in [2.45, 2.75) is 32.8 Å². The molecule has 1 aliphatic rings. The molecular weight excluding hydrogens is 342 g/mol. The van der Waals surface area contributed by atoms with Crippen molar-refractivity contribution in [3.8, 4) is 11.5 Å². The Kier molecular flexibility index (Phi) is 6.09. The van der Waals surface area contributed by atoms with Crippen LogP contribution in [0, 0.1) is 0 Å². The van der Waals surface area contributed by atoms with Crippen molar-refractivity contribution < 1.29 is 14.3 Å². The van der Waals surface area contributed by atoms with Crippen LogP contribution >= 0.6 is 12.4 Å². The first-order valence-electron chi connectivity index (χ1n) is 8.01. The lowest BCUT2D eigenvalue weighted by atomic mass is 10.1. The van der Waals surface area contributed by atoms with E-state index < -0.39 is 0 Å². The van der Waals surface area contributed by atoms with Gasteiger partial charge in [0, 0.05) is 23.7 Å². The maximum absolute atomic E-state index is 12.3. The summed E-state index contributed by atoms with van der Waals surface area (Å²) in [6.45, 7) is 4.46. The number of carbonyl (C=O) groups excluding carboxylic acids is 1. The highest BCUT2D eigenvalue weighted by Crippen LogP contribution is 2.38. The third-order valence-electron chi connectivity index (χ3n) is 3.76. The number of anilines is 2. The Balaban J connectivity index is 0.00000225. The lowest BCUT2D eigenvalue weighted by Crippen LogP contribution is -2.16. The zero-order chi connectivity index (χ0) is 17.1. The number of benzene rings is 1. The molecule has 7 heteroatoms. The molecule has 2 aromatic rings. The molecule has 2 heterocycles. The van der Waals surface area contributed by atoms with Crippen molar-refractivity contribution in [2.75, 3.05) is 17.7 Å². The normalized spacial score (nSPS) is 14.9. The van der Waals surface area contributed by atoms with Crippen LogP contribution in [-0.4, -0.2) is 23.6 Å². The van der Waals surface area contributed by atoms with Gasteiger partial charge < -0.3 is 20.5 Å². The number of nitrogens with two attached hydrogens (primary N) is 1. The number of hydrogen-bond donors (Lipinski definition) is 2. The van der Waals surface area contributed by atoms with E-state index in [-0.39, 0.29) is 30.8 Å². The number of ether oxygens (including phenoxy) is 2. The molecule has 0 fully saturated rings. The summed E-state index contributed by atoms with van der Waals surface area (Å²) in [5, 5.41) is 2.89. The van der Waals surface area contributed by atoms with Gasteiger partial charge in [0.25, 0.3) is 0 Å². The zero-order valence-corrected chi connectivity index (χ0v) is 15.1. The molecule has 1 aromatic carbocycles. The second-order valence-electron chi connectivity index (χ2n) is 5.83. The predicted octanol–water partition coefficient (Wildman–Crippen LogP) is 2.99. The molecule has 1 unspecified atom stereocenters. The molecule has 0 radical (unpaired) electrons. The summed E-state index contributed by atoms with van der Waals surface area (Å²) in [7, 11) is 0. The Morgan fingerprint density at radius 1 is 1.44 bits per heavy atom. The molecule has 0 saturated heterocycles. The quantitative estimate of drug-likeness (QED) is 0.852. The third-order valence-corrected chi connectivity index (χ3v) is 3.76. The lowest BCUT2D eigenvalue weighted by molar-refractivity contribution is -0.115. The number of nitrogens with one attached hydrogen (secondary N) is 1. The van der Waals surface area contributed by atoms with E-state index in [0.717, 1.165) is 17.7 Å². The van der Waals surface area contributed by atoms with Gasteiger partial charge in [0.15, 0.2) is 0 Å². The van der Waals surface area contributed by atoms with E-state index in [0.29, 0.717) is 29.4 Å². The van der Waals surface area contributed by atoms with Gasteiger partial charge in [0.2, 0.25) is 5.91 Å². The van der Waals surface area contributed by atoms with E-state index in [1.54, 1.807) is 18.3 Å². The van der Waals surface area contributed by atoms with Gasteiger partial charge in [-0.2, -0.15) is 0 Å². The first-order valence-corrected chi connectivity index (χ1v) is 8.01. The molecule has 134 valence electrons. The molecule has 1 aliphatic heterocycles. The Morgan fingerprint density at radius 3 is 2.92 bits per heavy atom. The second kappa shape index (κ2) is 8.07. The largest absolute Gasteiger partial charge is 0.492 e. The summed E-state index contributed by atoms with van der Waals surface area (Å²) in [6.07, 6.45) is 2.69. The molecule has 25 heavy (non-hydrogen) atoms. The number of aromatic nitrogens is 1. The summed E-state index contributed by atoms with van der Waals surface area (Å²) in [4.78, 5) is 16.5. The van der Waals surface area contributed by atoms with Crippen LogP contribution in [0.15, 0.2) is 30.5 Å². The van der Waals surface area contributed by atoms with E-state index in [4.69, 9.17) is 15.2 Å². The number of carbonyl (C=O) groups is 1. The highest BCUT2D eigenvalue weighted by Gasteiger charge is 2.22. The molecule has 0 bridgehead atoms. The average Bonchev–Trinajstić information content (AvgIpc) is 2.89. The number of halogens is 1. The molecule has 3 rings (SSSR count). The molecular formula is C18H22ClN3O3. The monoisotopic (exact) mass is 363 g/mol. The zero-order valence-electron chi connectivity index (χ0n) is 14.2. The van der Waals surface area contributed by atoms with Crippen LogP contribution < -0.4 is 20.5 Å². The molecule has 0 saturated carbocycles. The smallest absolute Gasteiger partial charge is 0.230 e. The van der Waals surface area contributed by atoms with E-state index in [1.165, 1.54) is 0 Å². The van der Waals surface area contributed by atoms with Crippen molar-refractivity contribution in [1.29, 1.82) is 0 Å². The number of hydrogen-bond acceptors (Lipinski definition) is 5. The molecule has 6 nitrogen and oxygen atoms in total. The topological polar surface area (TPSA) is 86.5 Å². The molecule has 0 aliphatic carbocycles. The van der Waals surface area contributed by atoms with Gasteiger partial charge in [-0.1, -0.05) is 0 Å². The fourth-order valence-corrected chi connectivity index (χ4v) is 2.71. The Bertz CT molecular complexity index is 750. The Labute approximate surface area is 153 Å². The second-order valence-corrected chi connectivity index (χ2v) is 5.83. The highest BCUT2D eigenvalue weighted by atomic mass is 35.5. The standard InChI is InChI=1S/C18H21N3O3.ClH/c1-3-23-17-7-12-6-11(2)24-16(12)9-15(17)21-18(22)8-14-5-4-13(19)10-20-14;/h4-5,7,9-11H,3,6,8,19H2,1-2H3,(H,21,22);1H. The van der Waals surface area contributed by atoms with Crippen molar-refractivity contribution in [3.63, 3.8) is 0 Å². The van der Waals surface area contributed by atoms with Crippen LogP contribution in [0.5, 0.6) is 11.5 Å². The SMILES string of the molecule is CCOc1cc2c(cc1NC(=O)Cc1ccc(N)cn1)OC(C)C2.Cl. The van der Waals surface area contributed by atoms with Crippen molar-refractivity contribution in [1.82, 2.24) is 4.98 Å². The summed E-state index contributed by atoms with van der Waals surface area (Å²) in [6, 6.07) is 7.25. The average molecular weight is 364 g/mol. The lowest BCUT2D eigenvalue weighted by Gasteiger charge is -2.13. The minimum absolute atomic E-state index is 0. The highest BCUT2D eigenvalue weighted by molar-refractivity contribution is 5.94. The van der Waals surface area contributed by atoms with Gasteiger partial charge in [0.1, 0.15) is 17.6 Å². The molecule has 1 amide bonds. The van der Waals surface area contributed by atoms with Crippen LogP contribution in [0.2, 0.25) is 0 Å². The number of nitrogens with zero attached hydrogens (tertiary/aromatic N) is 1. The number of fused-ring (bicyclic) bond motifs is 1. The van der Waals surface area contributed by atoms with Crippen molar-refractivity contribution in [3.05, 3.63) is 41.7 Å². The van der Waals surface area contributed by atoms with E-state index >= 15 is 0 Å². The number of pyridine rings is 1. The molecule has 1 atom stereocenters.